The third-order valence-corrected chi connectivity index (χ3v) is 4.59. The molecule has 0 aliphatic carbocycles. The second-order valence-electron chi connectivity index (χ2n) is 7.08. The Bertz CT molecular complexity index is 623. The van der Waals surface area contributed by atoms with Gasteiger partial charge >= 0.3 is 5.97 Å². The maximum atomic E-state index is 12.6. The Morgan fingerprint density at radius 2 is 1.82 bits per heavy atom. The van der Waals surface area contributed by atoms with Crippen LogP contribution in [0, 0.1) is 5.92 Å². The first-order chi connectivity index (χ1) is 13.1. The SMILES string of the molecule is CC(C)[C@H](NC(=O)[C@H](CCC(N)=O)NC(=O)[C@@H]1CCCN1C(=O)CN)C(=O)O. The molecular weight excluding hydrogens is 370 g/mol. The van der Waals surface area contributed by atoms with Crippen molar-refractivity contribution in [3.63, 3.8) is 0 Å². The molecule has 1 aliphatic rings. The van der Waals surface area contributed by atoms with Crippen LogP contribution in [0.1, 0.15) is 39.5 Å². The fourth-order valence-electron chi connectivity index (χ4n) is 3.05. The highest BCUT2D eigenvalue weighted by Crippen LogP contribution is 2.18. The third kappa shape index (κ3) is 6.48. The number of rotatable bonds is 10. The number of nitrogens with one attached hydrogen (secondary N) is 2. The molecule has 28 heavy (non-hydrogen) atoms. The molecule has 0 radical (unpaired) electrons. The van der Waals surface area contributed by atoms with E-state index in [-0.39, 0.29) is 31.2 Å². The van der Waals surface area contributed by atoms with Gasteiger partial charge in [-0.15, -0.1) is 0 Å². The predicted octanol–water partition coefficient (Wildman–Crippen LogP) is -2.09. The lowest BCUT2D eigenvalue weighted by Gasteiger charge is -2.27. The molecule has 0 spiro atoms. The van der Waals surface area contributed by atoms with E-state index in [9.17, 15) is 29.1 Å². The van der Waals surface area contributed by atoms with Gasteiger partial charge in [0.2, 0.25) is 23.6 Å². The monoisotopic (exact) mass is 399 g/mol. The Hall–Kier alpha value is -2.69. The Morgan fingerprint density at radius 1 is 1.18 bits per heavy atom. The van der Waals surface area contributed by atoms with Crippen molar-refractivity contribution < 1.29 is 29.1 Å². The molecule has 7 N–H and O–H groups in total. The van der Waals surface area contributed by atoms with Crippen molar-refractivity contribution >= 4 is 29.6 Å². The van der Waals surface area contributed by atoms with Gasteiger partial charge in [-0.25, -0.2) is 4.79 Å². The number of amides is 4. The average molecular weight is 399 g/mol. The number of carboxylic acids is 1. The van der Waals surface area contributed by atoms with Gasteiger partial charge in [0, 0.05) is 13.0 Å². The van der Waals surface area contributed by atoms with Gasteiger partial charge in [0.25, 0.3) is 0 Å². The summed E-state index contributed by atoms with van der Waals surface area (Å²) in [5.74, 6) is -3.92. The number of primary amides is 1. The number of aliphatic carboxylic acids is 1. The van der Waals surface area contributed by atoms with Gasteiger partial charge in [0.15, 0.2) is 0 Å². The molecule has 1 saturated heterocycles. The normalized spacial score (nSPS) is 18.4. The molecule has 3 atom stereocenters. The summed E-state index contributed by atoms with van der Waals surface area (Å²) in [6, 6.07) is -3.07. The highest BCUT2D eigenvalue weighted by atomic mass is 16.4. The van der Waals surface area contributed by atoms with Crippen molar-refractivity contribution in [3.05, 3.63) is 0 Å². The van der Waals surface area contributed by atoms with E-state index in [0.29, 0.717) is 19.4 Å². The van der Waals surface area contributed by atoms with Crippen molar-refractivity contribution in [2.45, 2.75) is 57.7 Å². The number of likely N-dealkylation sites (tertiary alicyclic amines) is 1. The van der Waals surface area contributed by atoms with Crippen LogP contribution in [-0.2, 0) is 24.0 Å². The Morgan fingerprint density at radius 3 is 2.32 bits per heavy atom. The summed E-state index contributed by atoms with van der Waals surface area (Å²) in [6.07, 6.45) is 0.782. The zero-order valence-corrected chi connectivity index (χ0v) is 16.1. The molecule has 1 fully saturated rings. The summed E-state index contributed by atoms with van der Waals surface area (Å²) < 4.78 is 0. The molecule has 1 rings (SSSR count). The van der Waals surface area contributed by atoms with Crippen LogP contribution in [0.15, 0.2) is 0 Å². The van der Waals surface area contributed by atoms with Gasteiger partial charge in [-0.3, -0.25) is 19.2 Å². The molecule has 0 aromatic heterocycles. The van der Waals surface area contributed by atoms with E-state index < -0.39 is 41.8 Å². The summed E-state index contributed by atoms with van der Waals surface area (Å²) in [6.45, 7) is 3.42. The molecular formula is C17H29N5O6. The van der Waals surface area contributed by atoms with E-state index in [1.807, 2.05) is 0 Å². The summed E-state index contributed by atoms with van der Waals surface area (Å²) in [5.41, 5.74) is 10.5. The first-order valence-electron chi connectivity index (χ1n) is 9.19. The highest BCUT2D eigenvalue weighted by molar-refractivity contribution is 5.94. The van der Waals surface area contributed by atoms with Crippen LogP contribution in [0.3, 0.4) is 0 Å². The minimum absolute atomic E-state index is 0.0884. The number of nitrogens with zero attached hydrogens (tertiary/aromatic N) is 1. The van der Waals surface area contributed by atoms with Gasteiger partial charge in [0.1, 0.15) is 18.1 Å². The quantitative estimate of drug-likeness (QED) is 0.279. The molecule has 0 saturated carbocycles. The van der Waals surface area contributed by atoms with Gasteiger partial charge in [-0.1, -0.05) is 13.8 Å². The fraction of sp³-hybridized carbons (Fsp3) is 0.706. The lowest BCUT2D eigenvalue weighted by molar-refractivity contribution is -0.144. The maximum Gasteiger partial charge on any atom is 0.326 e. The molecule has 11 heteroatoms. The number of carboxylic acid groups (broad SMARTS) is 1. The lowest BCUT2D eigenvalue weighted by Crippen LogP contribution is -2.56. The van der Waals surface area contributed by atoms with Crippen LogP contribution in [0.4, 0.5) is 0 Å². The van der Waals surface area contributed by atoms with Crippen molar-refractivity contribution in [1.82, 2.24) is 15.5 Å². The predicted molar refractivity (Wildman–Crippen MR) is 98.6 cm³/mol. The average Bonchev–Trinajstić information content (AvgIpc) is 3.11. The molecule has 0 aromatic rings. The molecule has 4 amide bonds. The number of hydrogen-bond donors (Lipinski definition) is 5. The van der Waals surface area contributed by atoms with Crippen LogP contribution in [-0.4, -0.2) is 70.8 Å². The Kier molecular flexibility index (Phi) is 8.83. The number of hydrogen-bond acceptors (Lipinski definition) is 6. The molecule has 158 valence electrons. The topological polar surface area (TPSA) is 185 Å². The lowest BCUT2D eigenvalue weighted by atomic mass is 10.0. The second-order valence-corrected chi connectivity index (χ2v) is 7.08. The molecule has 1 aliphatic heterocycles. The fourth-order valence-corrected chi connectivity index (χ4v) is 3.05. The molecule has 0 bridgehead atoms. The first-order valence-corrected chi connectivity index (χ1v) is 9.19. The summed E-state index contributed by atoms with van der Waals surface area (Å²) in [4.78, 5) is 60.8. The summed E-state index contributed by atoms with van der Waals surface area (Å²) >= 11 is 0. The zero-order valence-electron chi connectivity index (χ0n) is 16.1. The van der Waals surface area contributed by atoms with Crippen LogP contribution < -0.4 is 22.1 Å². The molecule has 11 nitrogen and oxygen atoms in total. The van der Waals surface area contributed by atoms with Crippen LogP contribution >= 0.6 is 0 Å². The molecule has 0 unspecified atom stereocenters. The minimum atomic E-state index is -1.21. The summed E-state index contributed by atoms with van der Waals surface area (Å²) in [7, 11) is 0. The van der Waals surface area contributed by atoms with Crippen molar-refractivity contribution in [2.24, 2.45) is 17.4 Å². The van der Waals surface area contributed by atoms with E-state index >= 15 is 0 Å². The largest absolute Gasteiger partial charge is 0.480 e. The maximum absolute atomic E-state index is 12.6. The van der Waals surface area contributed by atoms with Gasteiger partial charge in [-0.05, 0) is 25.2 Å². The van der Waals surface area contributed by atoms with E-state index in [2.05, 4.69) is 10.6 Å². The van der Waals surface area contributed by atoms with E-state index in [1.54, 1.807) is 13.8 Å². The van der Waals surface area contributed by atoms with Crippen molar-refractivity contribution in [1.29, 1.82) is 0 Å². The van der Waals surface area contributed by atoms with Crippen molar-refractivity contribution in [3.8, 4) is 0 Å². The van der Waals surface area contributed by atoms with E-state index in [1.165, 1.54) is 4.90 Å². The first kappa shape index (κ1) is 23.3. The van der Waals surface area contributed by atoms with E-state index in [0.717, 1.165) is 0 Å². The van der Waals surface area contributed by atoms with E-state index in [4.69, 9.17) is 11.5 Å². The van der Waals surface area contributed by atoms with Crippen LogP contribution in [0.25, 0.3) is 0 Å². The second kappa shape index (κ2) is 10.6. The number of nitrogens with two attached hydrogens (primary N) is 2. The minimum Gasteiger partial charge on any atom is -0.480 e. The Balaban J connectivity index is 2.89. The van der Waals surface area contributed by atoms with Gasteiger partial charge in [-0.2, -0.15) is 0 Å². The molecule has 0 aromatic carbocycles. The summed E-state index contributed by atoms with van der Waals surface area (Å²) in [5, 5.41) is 14.1. The van der Waals surface area contributed by atoms with Crippen LogP contribution in [0.2, 0.25) is 0 Å². The van der Waals surface area contributed by atoms with Gasteiger partial charge < -0.3 is 32.1 Å². The van der Waals surface area contributed by atoms with Crippen molar-refractivity contribution in [2.75, 3.05) is 13.1 Å². The highest BCUT2D eigenvalue weighted by Gasteiger charge is 2.36. The molecule has 1 heterocycles. The number of carbonyl (C=O) groups excluding carboxylic acids is 4. The Labute approximate surface area is 163 Å². The smallest absolute Gasteiger partial charge is 0.326 e. The van der Waals surface area contributed by atoms with Gasteiger partial charge in [0.05, 0.1) is 6.54 Å². The standard InChI is InChI=1S/C17H29N5O6/c1-9(2)14(17(27)28)21-15(25)10(5-6-12(19)23)20-16(26)11-4-3-7-22(11)13(24)8-18/h9-11,14H,3-8,18H2,1-2H3,(H2,19,23)(H,20,26)(H,21,25)(H,27,28)/t10-,11-,14-/m0/s1. The number of carbonyl (C=O) groups is 5. The van der Waals surface area contributed by atoms with Crippen LogP contribution in [0.5, 0.6) is 0 Å². The zero-order chi connectivity index (χ0) is 21.4. The third-order valence-electron chi connectivity index (χ3n) is 4.59.